The molecule has 0 unspecified atom stereocenters. The SMILES string of the molecule is CCOC(=O)CNC(=O)[C@@H]1COc2ccccc2O1. The van der Waals surface area contributed by atoms with Gasteiger partial charge in [-0.25, -0.2) is 0 Å². The Kier molecular flexibility index (Phi) is 4.22. The zero-order valence-corrected chi connectivity index (χ0v) is 10.5. The predicted molar refractivity (Wildman–Crippen MR) is 66.0 cm³/mol. The molecule has 1 aliphatic heterocycles. The number of hydrogen-bond donors (Lipinski definition) is 1. The number of ether oxygens (including phenoxy) is 3. The highest BCUT2D eigenvalue weighted by molar-refractivity contribution is 5.85. The summed E-state index contributed by atoms with van der Waals surface area (Å²) < 4.78 is 15.6. The zero-order valence-electron chi connectivity index (χ0n) is 10.5. The van der Waals surface area contributed by atoms with Gasteiger partial charge >= 0.3 is 5.97 Å². The predicted octanol–water partition coefficient (Wildman–Crippen LogP) is 0.506. The summed E-state index contributed by atoms with van der Waals surface area (Å²) in [6, 6.07) is 7.10. The van der Waals surface area contributed by atoms with E-state index in [4.69, 9.17) is 14.2 Å². The third-order valence-electron chi connectivity index (χ3n) is 2.51. The van der Waals surface area contributed by atoms with Crippen molar-refractivity contribution >= 4 is 11.9 Å². The first-order valence-corrected chi connectivity index (χ1v) is 6.02. The summed E-state index contributed by atoms with van der Waals surface area (Å²) in [4.78, 5) is 22.9. The van der Waals surface area contributed by atoms with Crippen LogP contribution in [0.25, 0.3) is 0 Å². The molecule has 1 aromatic carbocycles. The molecule has 0 saturated heterocycles. The van der Waals surface area contributed by atoms with Crippen molar-refractivity contribution in [1.29, 1.82) is 0 Å². The van der Waals surface area contributed by atoms with Crippen LogP contribution in [0.3, 0.4) is 0 Å². The maximum Gasteiger partial charge on any atom is 0.325 e. The minimum Gasteiger partial charge on any atom is -0.485 e. The van der Waals surface area contributed by atoms with Crippen molar-refractivity contribution in [2.45, 2.75) is 13.0 Å². The van der Waals surface area contributed by atoms with Crippen molar-refractivity contribution in [3.8, 4) is 11.5 Å². The molecule has 0 bridgehead atoms. The lowest BCUT2D eigenvalue weighted by atomic mass is 10.2. The van der Waals surface area contributed by atoms with Gasteiger partial charge in [0.2, 0.25) is 6.10 Å². The Morgan fingerprint density at radius 2 is 2.11 bits per heavy atom. The number of nitrogens with one attached hydrogen (secondary N) is 1. The number of carbonyl (C=O) groups excluding carboxylic acids is 2. The van der Waals surface area contributed by atoms with E-state index in [0.29, 0.717) is 11.5 Å². The third-order valence-corrected chi connectivity index (χ3v) is 2.51. The highest BCUT2D eigenvalue weighted by atomic mass is 16.6. The topological polar surface area (TPSA) is 73.9 Å². The lowest BCUT2D eigenvalue weighted by molar-refractivity contribution is -0.144. The van der Waals surface area contributed by atoms with Crippen molar-refractivity contribution in [3.05, 3.63) is 24.3 Å². The maximum atomic E-state index is 11.8. The molecule has 6 nitrogen and oxygen atoms in total. The number of esters is 1. The summed E-state index contributed by atoms with van der Waals surface area (Å²) in [5.74, 6) is 0.248. The molecule has 1 aromatic rings. The first-order chi connectivity index (χ1) is 9.20. The van der Waals surface area contributed by atoms with Crippen molar-refractivity contribution in [2.24, 2.45) is 0 Å². The minimum atomic E-state index is -0.760. The fourth-order valence-electron chi connectivity index (χ4n) is 1.63. The summed E-state index contributed by atoms with van der Waals surface area (Å²) in [6.45, 7) is 1.93. The normalized spacial score (nSPS) is 16.6. The van der Waals surface area contributed by atoms with Gasteiger partial charge in [0.15, 0.2) is 11.5 Å². The zero-order chi connectivity index (χ0) is 13.7. The Morgan fingerprint density at radius 3 is 2.84 bits per heavy atom. The van der Waals surface area contributed by atoms with E-state index in [9.17, 15) is 9.59 Å². The van der Waals surface area contributed by atoms with Gasteiger partial charge < -0.3 is 19.5 Å². The number of rotatable bonds is 4. The monoisotopic (exact) mass is 265 g/mol. The molecule has 1 aliphatic rings. The van der Waals surface area contributed by atoms with Crippen LogP contribution in [0, 0.1) is 0 Å². The number of fused-ring (bicyclic) bond motifs is 1. The minimum absolute atomic E-state index is 0.117. The summed E-state index contributed by atoms with van der Waals surface area (Å²) in [6.07, 6.45) is -0.760. The van der Waals surface area contributed by atoms with Crippen LogP contribution in [-0.4, -0.2) is 37.7 Å². The lowest BCUT2D eigenvalue weighted by Gasteiger charge is -2.25. The van der Waals surface area contributed by atoms with E-state index in [-0.39, 0.29) is 19.8 Å². The Labute approximate surface area is 110 Å². The van der Waals surface area contributed by atoms with E-state index in [0.717, 1.165) is 0 Å². The number of carbonyl (C=O) groups is 2. The summed E-state index contributed by atoms with van der Waals surface area (Å²) in [7, 11) is 0. The Morgan fingerprint density at radius 1 is 1.37 bits per heavy atom. The molecule has 1 amide bonds. The molecule has 6 heteroatoms. The van der Waals surface area contributed by atoms with Crippen LogP contribution in [0.5, 0.6) is 11.5 Å². The first kappa shape index (κ1) is 13.2. The molecule has 1 N–H and O–H groups in total. The molecule has 0 spiro atoms. The van der Waals surface area contributed by atoms with E-state index in [1.54, 1.807) is 25.1 Å². The van der Waals surface area contributed by atoms with E-state index in [1.165, 1.54) is 0 Å². The van der Waals surface area contributed by atoms with Gasteiger partial charge in [-0.05, 0) is 19.1 Å². The van der Waals surface area contributed by atoms with Crippen LogP contribution >= 0.6 is 0 Å². The van der Waals surface area contributed by atoms with Gasteiger partial charge in [0.05, 0.1) is 6.61 Å². The van der Waals surface area contributed by atoms with E-state index in [1.807, 2.05) is 6.07 Å². The largest absolute Gasteiger partial charge is 0.485 e. The second-order valence-electron chi connectivity index (χ2n) is 3.89. The van der Waals surface area contributed by atoms with Crippen LogP contribution < -0.4 is 14.8 Å². The van der Waals surface area contributed by atoms with Gasteiger partial charge in [0.1, 0.15) is 13.2 Å². The molecule has 1 heterocycles. The molecular weight excluding hydrogens is 250 g/mol. The van der Waals surface area contributed by atoms with Gasteiger partial charge in [-0.2, -0.15) is 0 Å². The standard InChI is InChI=1S/C13H15NO5/c1-2-17-12(15)7-14-13(16)11-8-18-9-5-3-4-6-10(9)19-11/h3-6,11H,2,7-8H2,1H3,(H,14,16)/t11-/m0/s1. The highest BCUT2D eigenvalue weighted by Gasteiger charge is 2.27. The first-order valence-electron chi connectivity index (χ1n) is 6.02. The molecule has 0 saturated carbocycles. The van der Waals surface area contributed by atoms with Gasteiger partial charge in [0.25, 0.3) is 5.91 Å². The van der Waals surface area contributed by atoms with Crippen molar-refractivity contribution in [1.82, 2.24) is 5.32 Å². The van der Waals surface area contributed by atoms with Crippen LogP contribution in [0.1, 0.15) is 6.92 Å². The van der Waals surface area contributed by atoms with E-state index in [2.05, 4.69) is 5.32 Å². The molecule has 1 atom stereocenters. The van der Waals surface area contributed by atoms with E-state index >= 15 is 0 Å². The van der Waals surface area contributed by atoms with E-state index < -0.39 is 18.0 Å². The summed E-state index contributed by atoms with van der Waals surface area (Å²) in [5, 5.41) is 2.45. The highest BCUT2D eigenvalue weighted by Crippen LogP contribution is 2.30. The van der Waals surface area contributed by atoms with Gasteiger partial charge in [-0.15, -0.1) is 0 Å². The molecule has 0 fully saturated rings. The maximum absolute atomic E-state index is 11.8. The van der Waals surface area contributed by atoms with Gasteiger partial charge in [-0.1, -0.05) is 12.1 Å². The van der Waals surface area contributed by atoms with Crippen molar-refractivity contribution < 1.29 is 23.8 Å². The smallest absolute Gasteiger partial charge is 0.325 e. The Hall–Kier alpha value is -2.24. The second kappa shape index (κ2) is 6.08. The van der Waals surface area contributed by atoms with Crippen LogP contribution in [0.15, 0.2) is 24.3 Å². The number of hydrogen-bond acceptors (Lipinski definition) is 5. The lowest BCUT2D eigenvalue weighted by Crippen LogP contribution is -2.45. The van der Waals surface area contributed by atoms with Gasteiger partial charge in [0, 0.05) is 0 Å². The molecule has 19 heavy (non-hydrogen) atoms. The molecular formula is C13H15NO5. The molecule has 0 aliphatic carbocycles. The molecule has 102 valence electrons. The van der Waals surface area contributed by atoms with Crippen molar-refractivity contribution in [2.75, 3.05) is 19.8 Å². The number of benzene rings is 1. The molecule has 2 rings (SSSR count). The Bertz CT molecular complexity index is 474. The molecule has 0 radical (unpaired) electrons. The second-order valence-corrected chi connectivity index (χ2v) is 3.89. The third kappa shape index (κ3) is 3.37. The van der Waals surface area contributed by atoms with Crippen LogP contribution in [0.2, 0.25) is 0 Å². The van der Waals surface area contributed by atoms with Crippen molar-refractivity contribution in [3.63, 3.8) is 0 Å². The fourth-order valence-corrected chi connectivity index (χ4v) is 1.63. The average molecular weight is 265 g/mol. The summed E-state index contributed by atoms with van der Waals surface area (Å²) in [5.41, 5.74) is 0. The molecule has 0 aromatic heterocycles. The quantitative estimate of drug-likeness (QED) is 0.803. The fraction of sp³-hybridized carbons (Fsp3) is 0.385. The average Bonchev–Trinajstić information content (AvgIpc) is 2.44. The Balaban J connectivity index is 1.87. The summed E-state index contributed by atoms with van der Waals surface area (Å²) >= 11 is 0. The van der Waals surface area contributed by atoms with Gasteiger partial charge in [-0.3, -0.25) is 9.59 Å². The number of para-hydroxylation sites is 2. The van der Waals surface area contributed by atoms with Crippen LogP contribution in [0.4, 0.5) is 0 Å². The number of amides is 1. The van der Waals surface area contributed by atoms with Crippen LogP contribution in [-0.2, 0) is 14.3 Å².